The van der Waals surface area contributed by atoms with E-state index in [-0.39, 0.29) is 0 Å². The molecule has 0 aliphatic rings. The summed E-state index contributed by atoms with van der Waals surface area (Å²) in [7, 11) is 0. The van der Waals surface area contributed by atoms with Crippen LogP contribution >= 0.6 is 11.3 Å². The first-order valence-corrected chi connectivity index (χ1v) is 6.42. The first-order chi connectivity index (χ1) is 7.38. The second-order valence-electron chi connectivity index (χ2n) is 3.49. The highest BCUT2D eigenvalue weighted by Gasteiger charge is 2.09. The third kappa shape index (κ3) is 4.51. The molecule has 0 amide bonds. The van der Waals surface area contributed by atoms with Crippen molar-refractivity contribution in [2.75, 3.05) is 6.54 Å². The third-order valence-electron chi connectivity index (χ3n) is 2.26. The van der Waals surface area contributed by atoms with Crippen molar-refractivity contribution in [1.29, 1.82) is 0 Å². The predicted molar refractivity (Wildman–Crippen MR) is 68.0 cm³/mol. The summed E-state index contributed by atoms with van der Waals surface area (Å²) in [5.74, 6) is 6.08. The number of thiophene rings is 1. The zero-order valence-electron chi connectivity index (χ0n) is 9.55. The molecule has 0 saturated heterocycles. The maximum atomic E-state index is 3.57. The van der Waals surface area contributed by atoms with Crippen molar-refractivity contribution in [1.82, 2.24) is 5.32 Å². The first-order valence-electron chi connectivity index (χ1n) is 5.54. The molecule has 82 valence electrons. The molecule has 0 fully saturated rings. The highest BCUT2D eigenvalue weighted by molar-refractivity contribution is 7.10. The normalized spacial score (nSPS) is 11.9. The van der Waals surface area contributed by atoms with E-state index in [1.165, 1.54) is 11.3 Å². The third-order valence-corrected chi connectivity index (χ3v) is 3.25. The molecule has 1 heterocycles. The van der Waals surface area contributed by atoms with Gasteiger partial charge in [0.05, 0.1) is 0 Å². The molecule has 2 heteroatoms. The minimum absolute atomic E-state index is 0.491. The Morgan fingerprint density at radius 3 is 3.00 bits per heavy atom. The average Bonchev–Trinajstić information content (AvgIpc) is 2.76. The Morgan fingerprint density at radius 1 is 1.53 bits per heavy atom. The Hall–Kier alpha value is -0.780. The van der Waals surface area contributed by atoms with E-state index in [2.05, 4.69) is 41.6 Å². The van der Waals surface area contributed by atoms with Crippen LogP contribution in [0.5, 0.6) is 0 Å². The molecule has 1 aromatic heterocycles. The predicted octanol–water partition coefficient (Wildman–Crippen LogP) is 3.59. The van der Waals surface area contributed by atoms with Gasteiger partial charge in [-0.2, -0.15) is 0 Å². The van der Waals surface area contributed by atoms with Gasteiger partial charge in [-0.05, 0) is 37.8 Å². The average molecular weight is 221 g/mol. The topological polar surface area (TPSA) is 12.0 Å². The van der Waals surface area contributed by atoms with Gasteiger partial charge < -0.3 is 5.32 Å². The maximum absolute atomic E-state index is 3.57. The van der Waals surface area contributed by atoms with Gasteiger partial charge in [-0.25, -0.2) is 0 Å². The van der Waals surface area contributed by atoms with Crippen LogP contribution in [0.25, 0.3) is 0 Å². The van der Waals surface area contributed by atoms with E-state index in [9.17, 15) is 0 Å². The molecule has 0 spiro atoms. The summed E-state index contributed by atoms with van der Waals surface area (Å²) in [5, 5.41) is 5.71. The molecule has 0 radical (unpaired) electrons. The van der Waals surface area contributed by atoms with E-state index in [4.69, 9.17) is 0 Å². The monoisotopic (exact) mass is 221 g/mol. The van der Waals surface area contributed by atoms with Gasteiger partial charge in [0.25, 0.3) is 0 Å². The van der Waals surface area contributed by atoms with Gasteiger partial charge in [-0.15, -0.1) is 23.2 Å². The molecule has 0 aromatic carbocycles. The van der Waals surface area contributed by atoms with Crippen molar-refractivity contribution in [3.05, 3.63) is 22.4 Å². The highest BCUT2D eigenvalue weighted by atomic mass is 32.1. The Morgan fingerprint density at radius 2 is 2.40 bits per heavy atom. The van der Waals surface area contributed by atoms with Crippen LogP contribution in [0.1, 0.15) is 44.0 Å². The maximum Gasteiger partial charge on any atom is 0.0423 e. The van der Waals surface area contributed by atoms with Crippen molar-refractivity contribution >= 4 is 11.3 Å². The minimum atomic E-state index is 0.491. The van der Waals surface area contributed by atoms with Crippen LogP contribution in [0, 0.1) is 11.8 Å². The second-order valence-corrected chi connectivity index (χ2v) is 4.47. The van der Waals surface area contributed by atoms with Crippen molar-refractivity contribution in [3.63, 3.8) is 0 Å². The van der Waals surface area contributed by atoms with Crippen LogP contribution in [0.15, 0.2) is 17.5 Å². The lowest BCUT2D eigenvalue weighted by Gasteiger charge is -2.15. The van der Waals surface area contributed by atoms with Crippen LogP contribution in [-0.2, 0) is 0 Å². The number of hydrogen-bond donors (Lipinski definition) is 1. The van der Waals surface area contributed by atoms with E-state index in [0.717, 1.165) is 19.4 Å². The highest BCUT2D eigenvalue weighted by Crippen LogP contribution is 2.22. The zero-order valence-corrected chi connectivity index (χ0v) is 10.4. The fourth-order valence-electron chi connectivity index (χ4n) is 1.49. The number of hydrogen-bond acceptors (Lipinski definition) is 2. The van der Waals surface area contributed by atoms with Gasteiger partial charge in [0.2, 0.25) is 0 Å². The Labute approximate surface area is 96.9 Å². The van der Waals surface area contributed by atoms with Gasteiger partial charge >= 0.3 is 0 Å². The van der Waals surface area contributed by atoms with Crippen LogP contribution in [-0.4, -0.2) is 6.54 Å². The summed E-state index contributed by atoms with van der Waals surface area (Å²) in [5.41, 5.74) is 0. The van der Waals surface area contributed by atoms with Crippen molar-refractivity contribution < 1.29 is 0 Å². The summed E-state index contributed by atoms with van der Waals surface area (Å²) >= 11 is 1.83. The molecule has 0 aliphatic heterocycles. The molecule has 1 N–H and O–H groups in total. The molecule has 0 bridgehead atoms. The molecular formula is C13H19NS. The smallest absolute Gasteiger partial charge is 0.0423 e. The van der Waals surface area contributed by atoms with E-state index < -0.39 is 0 Å². The second kappa shape index (κ2) is 7.50. The molecular weight excluding hydrogens is 202 g/mol. The van der Waals surface area contributed by atoms with Gasteiger partial charge in [0, 0.05) is 17.3 Å². The van der Waals surface area contributed by atoms with E-state index in [1.54, 1.807) is 0 Å². The lowest BCUT2D eigenvalue weighted by Crippen LogP contribution is -2.21. The number of rotatable bonds is 6. The fraction of sp³-hybridized carbons (Fsp3) is 0.538. The fourth-order valence-corrected chi connectivity index (χ4v) is 2.33. The van der Waals surface area contributed by atoms with Crippen molar-refractivity contribution in [2.45, 2.75) is 39.2 Å². The number of nitrogens with one attached hydrogen (secondary N) is 1. The van der Waals surface area contributed by atoms with E-state index in [0.29, 0.717) is 6.04 Å². The summed E-state index contributed by atoms with van der Waals surface area (Å²) in [6.45, 7) is 5.19. The summed E-state index contributed by atoms with van der Waals surface area (Å²) in [6.07, 6.45) is 3.28. The molecule has 1 atom stereocenters. The van der Waals surface area contributed by atoms with E-state index >= 15 is 0 Å². The molecule has 1 nitrogen and oxygen atoms in total. The van der Waals surface area contributed by atoms with Gasteiger partial charge in [0.1, 0.15) is 0 Å². The van der Waals surface area contributed by atoms with Crippen molar-refractivity contribution in [3.8, 4) is 11.8 Å². The molecule has 0 saturated carbocycles. The standard InChI is InChI=1S/C13H19NS/c1-3-5-6-8-12(14-10-4-2)13-9-7-11-15-13/h7,9,11-12,14H,4,6,8,10H2,1-2H3. The van der Waals surface area contributed by atoms with Crippen LogP contribution in [0.2, 0.25) is 0 Å². The van der Waals surface area contributed by atoms with Crippen LogP contribution < -0.4 is 5.32 Å². The van der Waals surface area contributed by atoms with E-state index in [1.807, 2.05) is 18.3 Å². The lowest BCUT2D eigenvalue weighted by atomic mass is 10.1. The lowest BCUT2D eigenvalue weighted by molar-refractivity contribution is 0.512. The summed E-state index contributed by atoms with van der Waals surface area (Å²) < 4.78 is 0. The van der Waals surface area contributed by atoms with Crippen LogP contribution in [0.3, 0.4) is 0 Å². The molecule has 1 unspecified atom stereocenters. The minimum Gasteiger partial charge on any atom is -0.309 e. The largest absolute Gasteiger partial charge is 0.309 e. The van der Waals surface area contributed by atoms with Gasteiger partial charge in [0.15, 0.2) is 0 Å². The van der Waals surface area contributed by atoms with Gasteiger partial charge in [-0.3, -0.25) is 0 Å². The zero-order chi connectivity index (χ0) is 10.9. The molecule has 1 aromatic rings. The van der Waals surface area contributed by atoms with Crippen LogP contribution in [0.4, 0.5) is 0 Å². The Bertz CT molecular complexity index is 305. The molecule has 0 aliphatic carbocycles. The van der Waals surface area contributed by atoms with Crippen molar-refractivity contribution in [2.24, 2.45) is 0 Å². The summed E-state index contributed by atoms with van der Waals surface area (Å²) in [4.78, 5) is 1.43. The first kappa shape index (κ1) is 12.3. The SMILES string of the molecule is CC#CCCC(NCCC)c1cccs1. The Balaban J connectivity index is 2.48. The Kier molecular flexibility index (Phi) is 6.15. The quantitative estimate of drug-likeness (QED) is 0.724. The molecule has 15 heavy (non-hydrogen) atoms. The van der Waals surface area contributed by atoms with Gasteiger partial charge in [-0.1, -0.05) is 13.0 Å². The summed E-state index contributed by atoms with van der Waals surface area (Å²) in [6, 6.07) is 4.81. The molecule has 1 rings (SSSR count).